The van der Waals surface area contributed by atoms with Gasteiger partial charge in [0, 0.05) is 42.8 Å². The van der Waals surface area contributed by atoms with E-state index in [1.54, 1.807) is 6.33 Å². The fourth-order valence-electron chi connectivity index (χ4n) is 5.05. The van der Waals surface area contributed by atoms with E-state index < -0.39 is 17.8 Å². The van der Waals surface area contributed by atoms with Gasteiger partial charge in [0.2, 0.25) is 0 Å². The highest BCUT2D eigenvalue weighted by Gasteiger charge is 2.34. The minimum absolute atomic E-state index is 0.123. The smallest absolute Gasteiger partial charge is 0.282 e. The van der Waals surface area contributed by atoms with Crippen molar-refractivity contribution in [2.24, 2.45) is 0 Å². The average molecular weight is 457 g/mol. The van der Waals surface area contributed by atoms with Crippen LogP contribution in [0.15, 0.2) is 61.2 Å². The molecular weight excluding hydrogens is 431 g/mol. The molecule has 3 heterocycles. The van der Waals surface area contributed by atoms with Crippen molar-refractivity contribution in [3.63, 3.8) is 0 Å². The van der Waals surface area contributed by atoms with E-state index in [0.717, 1.165) is 30.0 Å². The molecule has 2 aliphatic rings. The van der Waals surface area contributed by atoms with Crippen molar-refractivity contribution in [3.05, 3.63) is 72.5 Å². The molecule has 0 saturated carbocycles. The number of nitrogens with zero attached hydrogens (tertiary/aromatic N) is 6. The van der Waals surface area contributed by atoms with Crippen molar-refractivity contribution in [1.82, 2.24) is 14.9 Å². The predicted octanol–water partition coefficient (Wildman–Crippen LogP) is 3.61. The Bertz CT molecular complexity index is 1300. The van der Waals surface area contributed by atoms with Crippen LogP contribution in [0.3, 0.4) is 0 Å². The number of benzene rings is 2. The summed E-state index contributed by atoms with van der Waals surface area (Å²) in [6.45, 7) is 5.89. The summed E-state index contributed by atoms with van der Waals surface area (Å²) >= 11 is 0. The predicted molar refractivity (Wildman–Crippen MR) is 129 cm³/mol. The van der Waals surface area contributed by atoms with Crippen molar-refractivity contribution in [1.29, 1.82) is 5.26 Å². The van der Waals surface area contributed by atoms with E-state index in [1.165, 1.54) is 21.4 Å². The fourth-order valence-corrected chi connectivity index (χ4v) is 5.05. The standard InChI is InChI=1S/C26H25FN6O/c1-18(27)26(34)33-14-13-32(15-20(33)9-11-28)25-22-10-12-31(16-23(22)29-17-30-25)24-8-4-6-19-5-2-3-7-21(19)24/h2-8,17,20H,1,9-10,12-16H2/t20-/m0/s1. The zero-order chi connectivity index (χ0) is 23.7. The molecule has 1 amide bonds. The van der Waals surface area contributed by atoms with Crippen LogP contribution in [0.2, 0.25) is 0 Å². The van der Waals surface area contributed by atoms with E-state index in [0.29, 0.717) is 26.2 Å². The number of nitriles is 1. The van der Waals surface area contributed by atoms with Gasteiger partial charge in [-0.1, -0.05) is 43.0 Å². The summed E-state index contributed by atoms with van der Waals surface area (Å²) in [5, 5.41) is 11.7. The Kier molecular flexibility index (Phi) is 5.84. The quantitative estimate of drug-likeness (QED) is 0.559. The summed E-state index contributed by atoms with van der Waals surface area (Å²) in [5.41, 5.74) is 3.28. The molecule has 0 unspecified atom stereocenters. The Morgan fingerprint density at radius 3 is 2.76 bits per heavy atom. The number of halogens is 1. The molecule has 0 radical (unpaired) electrons. The first-order valence-electron chi connectivity index (χ1n) is 11.4. The van der Waals surface area contributed by atoms with Crippen LogP contribution in [-0.2, 0) is 17.8 Å². The first kappa shape index (κ1) is 21.8. The minimum Gasteiger partial charge on any atom is -0.365 e. The summed E-state index contributed by atoms with van der Waals surface area (Å²) in [5.74, 6) is -0.892. The molecule has 8 heteroatoms. The first-order chi connectivity index (χ1) is 16.6. The van der Waals surface area contributed by atoms with Crippen molar-refractivity contribution in [3.8, 4) is 6.07 Å². The maximum atomic E-state index is 13.5. The van der Waals surface area contributed by atoms with Crippen LogP contribution in [-0.4, -0.2) is 53.0 Å². The van der Waals surface area contributed by atoms with Crippen LogP contribution in [0.1, 0.15) is 17.7 Å². The summed E-state index contributed by atoms with van der Waals surface area (Å²) < 4.78 is 13.5. The Labute approximate surface area is 197 Å². The Morgan fingerprint density at radius 1 is 1.12 bits per heavy atom. The van der Waals surface area contributed by atoms with Gasteiger partial charge in [0.05, 0.1) is 30.8 Å². The average Bonchev–Trinajstić information content (AvgIpc) is 2.87. The SMILES string of the molecule is C=C(F)C(=O)N1CCN(c2ncnc3c2CCN(c2cccc4ccccc24)C3)C[C@@H]1CC#N. The Balaban J connectivity index is 1.40. The highest BCUT2D eigenvalue weighted by atomic mass is 19.1. The van der Waals surface area contributed by atoms with Crippen LogP contribution in [0.4, 0.5) is 15.9 Å². The lowest BCUT2D eigenvalue weighted by Gasteiger charge is -2.42. The number of rotatable bonds is 4. The molecule has 5 rings (SSSR count). The maximum absolute atomic E-state index is 13.5. The van der Waals surface area contributed by atoms with Crippen LogP contribution in [0, 0.1) is 11.3 Å². The molecule has 2 aliphatic heterocycles. The molecule has 0 spiro atoms. The molecule has 0 aliphatic carbocycles. The molecule has 0 N–H and O–H groups in total. The summed E-state index contributed by atoms with van der Waals surface area (Å²) in [6, 6.07) is 16.4. The summed E-state index contributed by atoms with van der Waals surface area (Å²) in [6.07, 6.45) is 2.50. The summed E-state index contributed by atoms with van der Waals surface area (Å²) in [7, 11) is 0. The molecule has 2 aromatic carbocycles. The van der Waals surface area contributed by atoms with Crippen LogP contribution in [0.25, 0.3) is 10.8 Å². The second kappa shape index (κ2) is 9.10. The Hall–Kier alpha value is -3.99. The van der Waals surface area contributed by atoms with Gasteiger partial charge >= 0.3 is 0 Å². The topological polar surface area (TPSA) is 76.4 Å². The van der Waals surface area contributed by atoms with Crippen molar-refractivity contribution in [2.45, 2.75) is 25.4 Å². The molecule has 1 fully saturated rings. The van der Waals surface area contributed by atoms with E-state index in [4.69, 9.17) is 0 Å². The lowest BCUT2D eigenvalue weighted by atomic mass is 10.0. The molecule has 1 aromatic heterocycles. The van der Waals surface area contributed by atoms with Crippen molar-refractivity contribution < 1.29 is 9.18 Å². The highest BCUT2D eigenvalue weighted by molar-refractivity contribution is 5.94. The minimum atomic E-state index is -0.996. The van der Waals surface area contributed by atoms with Gasteiger partial charge in [0.15, 0.2) is 5.83 Å². The van der Waals surface area contributed by atoms with E-state index >= 15 is 0 Å². The van der Waals surface area contributed by atoms with Gasteiger partial charge in [-0.2, -0.15) is 5.26 Å². The zero-order valence-corrected chi connectivity index (χ0v) is 18.8. The fraction of sp³-hybridized carbons (Fsp3) is 0.308. The number of hydrogen-bond donors (Lipinski definition) is 0. The van der Waals surface area contributed by atoms with Crippen LogP contribution in [0.5, 0.6) is 0 Å². The molecule has 3 aromatic rings. The van der Waals surface area contributed by atoms with Gasteiger partial charge in [-0.05, 0) is 17.9 Å². The van der Waals surface area contributed by atoms with Crippen LogP contribution >= 0.6 is 0 Å². The lowest BCUT2D eigenvalue weighted by molar-refractivity contribution is -0.131. The normalized spacial score (nSPS) is 17.9. The van der Waals surface area contributed by atoms with Gasteiger partial charge in [-0.25, -0.2) is 14.4 Å². The maximum Gasteiger partial charge on any atom is 0.282 e. The van der Waals surface area contributed by atoms with Gasteiger partial charge in [0.1, 0.15) is 12.1 Å². The number of aromatic nitrogens is 2. The second-order valence-corrected chi connectivity index (χ2v) is 8.66. The molecule has 0 bridgehead atoms. The number of carbonyl (C=O) groups is 1. The van der Waals surface area contributed by atoms with E-state index in [1.807, 2.05) is 6.07 Å². The van der Waals surface area contributed by atoms with Crippen molar-refractivity contribution >= 4 is 28.2 Å². The third kappa shape index (κ3) is 3.94. The number of hydrogen-bond acceptors (Lipinski definition) is 6. The third-order valence-corrected chi connectivity index (χ3v) is 6.69. The highest BCUT2D eigenvalue weighted by Crippen LogP contribution is 2.33. The number of amides is 1. The van der Waals surface area contributed by atoms with E-state index in [2.05, 4.69) is 68.8 Å². The molecule has 7 nitrogen and oxygen atoms in total. The number of fused-ring (bicyclic) bond motifs is 2. The van der Waals surface area contributed by atoms with Gasteiger partial charge < -0.3 is 14.7 Å². The second-order valence-electron chi connectivity index (χ2n) is 8.66. The van der Waals surface area contributed by atoms with Crippen LogP contribution < -0.4 is 9.80 Å². The van der Waals surface area contributed by atoms with Gasteiger partial charge in [0.25, 0.3) is 5.91 Å². The molecular formula is C26H25FN6O. The van der Waals surface area contributed by atoms with Gasteiger partial charge in [-0.3, -0.25) is 4.79 Å². The first-order valence-corrected chi connectivity index (χ1v) is 11.4. The zero-order valence-electron chi connectivity index (χ0n) is 18.8. The lowest BCUT2D eigenvalue weighted by Crippen LogP contribution is -2.55. The van der Waals surface area contributed by atoms with E-state index in [9.17, 15) is 14.4 Å². The largest absolute Gasteiger partial charge is 0.365 e. The number of piperazine rings is 1. The summed E-state index contributed by atoms with van der Waals surface area (Å²) in [4.78, 5) is 27.3. The molecule has 1 saturated heterocycles. The number of carbonyl (C=O) groups excluding carboxylic acids is 1. The molecule has 172 valence electrons. The van der Waals surface area contributed by atoms with Gasteiger partial charge in [-0.15, -0.1) is 0 Å². The Morgan fingerprint density at radius 2 is 1.94 bits per heavy atom. The number of anilines is 2. The van der Waals surface area contributed by atoms with Crippen molar-refractivity contribution in [2.75, 3.05) is 36.0 Å². The monoisotopic (exact) mass is 456 g/mol. The molecule has 1 atom stereocenters. The van der Waals surface area contributed by atoms with E-state index in [-0.39, 0.29) is 6.42 Å². The third-order valence-electron chi connectivity index (χ3n) is 6.69. The molecule has 34 heavy (non-hydrogen) atoms.